The summed E-state index contributed by atoms with van der Waals surface area (Å²) >= 11 is 0. The van der Waals surface area contributed by atoms with Crippen molar-refractivity contribution in [1.82, 2.24) is 0 Å². The van der Waals surface area contributed by atoms with Gasteiger partial charge in [0, 0.05) is 12.2 Å². The maximum Gasteiger partial charge on any atom is 0.235 e. The Morgan fingerprint density at radius 1 is 1.31 bits per heavy atom. The Kier molecular flexibility index (Phi) is 2.75. The van der Waals surface area contributed by atoms with Crippen LogP contribution in [-0.2, 0) is 10.0 Å². The predicted octanol–water partition coefficient (Wildman–Crippen LogP) is 1.34. The van der Waals surface area contributed by atoms with Crippen molar-refractivity contribution >= 4 is 21.4 Å². The number of sulfonamides is 1. The highest BCUT2D eigenvalue weighted by atomic mass is 32.2. The van der Waals surface area contributed by atoms with E-state index in [2.05, 4.69) is 0 Å². The summed E-state index contributed by atoms with van der Waals surface area (Å²) in [4.78, 5) is 0. The quantitative estimate of drug-likeness (QED) is 0.758. The fourth-order valence-corrected chi connectivity index (χ4v) is 3.42. The van der Waals surface area contributed by atoms with Gasteiger partial charge in [-0.15, -0.1) is 0 Å². The SMILES string of the molecule is Nc1ccc(F)c(N2CCCCS2(=O)=O)c1. The van der Waals surface area contributed by atoms with Crippen molar-refractivity contribution in [3.05, 3.63) is 24.0 Å². The van der Waals surface area contributed by atoms with E-state index in [9.17, 15) is 12.8 Å². The number of nitrogens with zero attached hydrogens (tertiary/aromatic N) is 1. The highest BCUT2D eigenvalue weighted by molar-refractivity contribution is 7.92. The molecule has 1 saturated heterocycles. The Bertz CT molecular complexity index is 502. The molecule has 16 heavy (non-hydrogen) atoms. The molecule has 1 aliphatic rings. The Hall–Kier alpha value is -1.30. The minimum atomic E-state index is -3.38. The summed E-state index contributed by atoms with van der Waals surface area (Å²) < 4.78 is 38.2. The average Bonchev–Trinajstić information content (AvgIpc) is 2.22. The molecule has 0 amide bonds. The molecule has 6 heteroatoms. The van der Waals surface area contributed by atoms with Crippen molar-refractivity contribution in [3.8, 4) is 0 Å². The van der Waals surface area contributed by atoms with Crippen LogP contribution in [0.5, 0.6) is 0 Å². The molecule has 1 fully saturated rings. The second kappa shape index (κ2) is 3.93. The zero-order valence-electron chi connectivity index (χ0n) is 8.69. The molecular formula is C10H13FN2O2S. The molecule has 0 bridgehead atoms. The molecule has 2 rings (SSSR count). The van der Waals surface area contributed by atoms with E-state index < -0.39 is 15.8 Å². The van der Waals surface area contributed by atoms with Crippen LogP contribution in [0.15, 0.2) is 18.2 Å². The minimum Gasteiger partial charge on any atom is -0.399 e. The molecule has 0 spiro atoms. The number of anilines is 2. The standard InChI is InChI=1S/C10H13FN2O2S/c11-9-4-3-8(12)7-10(9)13-5-1-2-6-16(13,14)15/h3-4,7H,1-2,5-6,12H2. The van der Waals surface area contributed by atoms with E-state index in [4.69, 9.17) is 5.73 Å². The zero-order valence-corrected chi connectivity index (χ0v) is 9.50. The van der Waals surface area contributed by atoms with E-state index in [1.165, 1.54) is 18.2 Å². The monoisotopic (exact) mass is 244 g/mol. The summed E-state index contributed by atoms with van der Waals surface area (Å²) in [6.45, 7) is 0.322. The summed E-state index contributed by atoms with van der Waals surface area (Å²) in [5, 5.41) is 0. The highest BCUT2D eigenvalue weighted by Gasteiger charge is 2.27. The smallest absolute Gasteiger partial charge is 0.235 e. The van der Waals surface area contributed by atoms with Gasteiger partial charge in [0.15, 0.2) is 0 Å². The summed E-state index contributed by atoms with van der Waals surface area (Å²) in [6.07, 6.45) is 1.37. The third-order valence-corrected chi connectivity index (χ3v) is 4.44. The first kappa shape index (κ1) is 11.2. The van der Waals surface area contributed by atoms with Gasteiger partial charge in [-0.05, 0) is 31.0 Å². The molecule has 1 aromatic rings. The van der Waals surface area contributed by atoms with Crippen LogP contribution in [0.25, 0.3) is 0 Å². The van der Waals surface area contributed by atoms with Gasteiger partial charge in [0.1, 0.15) is 5.82 Å². The van der Waals surface area contributed by atoms with Crippen molar-refractivity contribution in [3.63, 3.8) is 0 Å². The van der Waals surface area contributed by atoms with E-state index in [-0.39, 0.29) is 11.4 Å². The molecule has 0 radical (unpaired) electrons. The largest absolute Gasteiger partial charge is 0.399 e. The first-order valence-corrected chi connectivity index (χ1v) is 6.67. The van der Waals surface area contributed by atoms with Crippen molar-refractivity contribution < 1.29 is 12.8 Å². The van der Waals surface area contributed by atoms with Crippen molar-refractivity contribution in [2.75, 3.05) is 22.3 Å². The summed E-state index contributed by atoms with van der Waals surface area (Å²) in [5.74, 6) is -0.485. The fourth-order valence-electron chi connectivity index (χ4n) is 1.78. The lowest BCUT2D eigenvalue weighted by Crippen LogP contribution is -2.38. The van der Waals surface area contributed by atoms with E-state index in [1.54, 1.807) is 0 Å². The molecule has 0 aliphatic carbocycles. The number of benzene rings is 1. The summed E-state index contributed by atoms with van der Waals surface area (Å²) in [7, 11) is -3.38. The molecule has 0 saturated carbocycles. The van der Waals surface area contributed by atoms with E-state index in [0.717, 1.165) is 10.7 Å². The van der Waals surface area contributed by atoms with Crippen molar-refractivity contribution in [1.29, 1.82) is 0 Å². The molecule has 2 N–H and O–H groups in total. The number of hydrogen-bond acceptors (Lipinski definition) is 3. The van der Waals surface area contributed by atoms with Gasteiger partial charge in [0.25, 0.3) is 0 Å². The molecule has 1 heterocycles. The third-order valence-electron chi connectivity index (χ3n) is 2.59. The lowest BCUT2D eigenvalue weighted by Gasteiger charge is -2.28. The van der Waals surface area contributed by atoms with Crippen LogP contribution in [0.1, 0.15) is 12.8 Å². The van der Waals surface area contributed by atoms with E-state index >= 15 is 0 Å². The highest BCUT2D eigenvalue weighted by Crippen LogP contribution is 2.27. The molecule has 1 aliphatic heterocycles. The van der Waals surface area contributed by atoms with Crippen LogP contribution in [0.4, 0.5) is 15.8 Å². The number of halogens is 1. The van der Waals surface area contributed by atoms with Crippen LogP contribution in [0, 0.1) is 5.82 Å². The van der Waals surface area contributed by atoms with Gasteiger partial charge in [-0.25, -0.2) is 12.8 Å². The first-order chi connectivity index (χ1) is 7.50. The predicted molar refractivity (Wildman–Crippen MR) is 61.2 cm³/mol. The molecule has 0 aromatic heterocycles. The lowest BCUT2D eigenvalue weighted by atomic mass is 10.2. The normalized spacial score (nSPS) is 19.7. The first-order valence-electron chi connectivity index (χ1n) is 5.06. The molecule has 1 aromatic carbocycles. The number of nitrogens with two attached hydrogens (primary N) is 1. The van der Waals surface area contributed by atoms with Gasteiger partial charge < -0.3 is 5.73 Å². The van der Waals surface area contributed by atoms with Crippen LogP contribution >= 0.6 is 0 Å². The summed E-state index contributed by atoms with van der Waals surface area (Å²) in [6, 6.07) is 3.96. The van der Waals surface area contributed by atoms with Crippen LogP contribution in [-0.4, -0.2) is 20.7 Å². The fraction of sp³-hybridized carbons (Fsp3) is 0.400. The number of hydrogen-bond donors (Lipinski definition) is 1. The van der Waals surface area contributed by atoms with Crippen LogP contribution in [0.3, 0.4) is 0 Å². The second-order valence-corrected chi connectivity index (χ2v) is 5.82. The van der Waals surface area contributed by atoms with E-state index in [1.807, 2.05) is 0 Å². The average molecular weight is 244 g/mol. The molecular weight excluding hydrogens is 231 g/mol. The maximum absolute atomic E-state index is 13.5. The third kappa shape index (κ3) is 1.97. The second-order valence-electron chi connectivity index (χ2n) is 3.81. The van der Waals surface area contributed by atoms with Gasteiger partial charge in [0.2, 0.25) is 10.0 Å². The zero-order chi connectivity index (χ0) is 11.8. The molecule has 0 unspecified atom stereocenters. The molecule has 0 atom stereocenters. The van der Waals surface area contributed by atoms with Gasteiger partial charge in [-0.3, -0.25) is 4.31 Å². The van der Waals surface area contributed by atoms with Gasteiger partial charge in [-0.2, -0.15) is 0 Å². The molecule has 4 nitrogen and oxygen atoms in total. The Balaban J connectivity index is 2.46. The maximum atomic E-state index is 13.5. The lowest BCUT2D eigenvalue weighted by molar-refractivity contribution is 0.568. The molecule has 88 valence electrons. The topological polar surface area (TPSA) is 63.4 Å². The van der Waals surface area contributed by atoms with Gasteiger partial charge in [0.05, 0.1) is 11.4 Å². The summed E-state index contributed by atoms with van der Waals surface area (Å²) in [5.41, 5.74) is 5.95. The minimum absolute atomic E-state index is 0.0553. The number of nitrogen functional groups attached to an aromatic ring is 1. The van der Waals surface area contributed by atoms with Gasteiger partial charge in [-0.1, -0.05) is 0 Å². The Morgan fingerprint density at radius 3 is 2.75 bits per heavy atom. The van der Waals surface area contributed by atoms with Crippen molar-refractivity contribution in [2.45, 2.75) is 12.8 Å². The van der Waals surface area contributed by atoms with Crippen molar-refractivity contribution in [2.24, 2.45) is 0 Å². The number of rotatable bonds is 1. The van der Waals surface area contributed by atoms with E-state index in [0.29, 0.717) is 18.7 Å². The van der Waals surface area contributed by atoms with Crippen LogP contribution in [0.2, 0.25) is 0 Å². The Labute approximate surface area is 93.9 Å². The van der Waals surface area contributed by atoms with Crippen LogP contribution < -0.4 is 10.0 Å². The van der Waals surface area contributed by atoms with Gasteiger partial charge >= 0.3 is 0 Å². The Morgan fingerprint density at radius 2 is 2.06 bits per heavy atom.